The molecule has 2 aromatic rings. The number of esters is 1. The number of hydrogen-bond donors (Lipinski definition) is 0. The molecule has 0 aliphatic rings. The van der Waals surface area contributed by atoms with E-state index in [1.54, 1.807) is 0 Å². The van der Waals surface area contributed by atoms with Gasteiger partial charge in [0.1, 0.15) is 36.4 Å². The van der Waals surface area contributed by atoms with Crippen molar-refractivity contribution in [3.63, 3.8) is 0 Å². The molecule has 0 aliphatic heterocycles. The van der Waals surface area contributed by atoms with E-state index in [9.17, 15) is 9.18 Å². The Bertz CT molecular complexity index is 759. The van der Waals surface area contributed by atoms with Gasteiger partial charge in [-0.2, -0.15) is 5.26 Å². The molecule has 0 atom stereocenters. The third kappa shape index (κ3) is 5.25. The zero-order valence-corrected chi connectivity index (χ0v) is 13.2. The Balaban J connectivity index is 1.84. The van der Waals surface area contributed by atoms with Crippen LogP contribution < -0.4 is 4.74 Å². The number of ether oxygens (including phenoxy) is 2. The predicted molar refractivity (Wildman–Crippen MR) is 87.6 cm³/mol. The van der Waals surface area contributed by atoms with Gasteiger partial charge in [-0.1, -0.05) is 29.8 Å². The highest BCUT2D eigenvalue weighted by Crippen LogP contribution is 2.11. The average molecular weight is 325 g/mol. The van der Waals surface area contributed by atoms with Gasteiger partial charge in [0.15, 0.2) is 0 Å². The molecule has 0 fully saturated rings. The quantitative estimate of drug-likeness (QED) is 0.352. The number of carbonyl (C=O) groups excluding carboxylic acids is 1. The Kier molecular flexibility index (Phi) is 6.09. The van der Waals surface area contributed by atoms with Gasteiger partial charge in [-0.05, 0) is 42.8 Å². The fourth-order valence-corrected chi connectivity index (χ4v) is 1.87. The molecule has 0 bridgehead atoms. The minimum absolute atomic E-state index is 0.0108. The van der Waals surface area contributed by atoms with Crippen molar-refractivity contribution in [3.8, 4) is 11.8 Å². The number of aryl methyl sites for hydroxylation is 1. The van der Waals surface area contributed by atoms with Gasteiger partial charge in [-0.25, -0.2) is 9.18 Å². The fraction of sp³-hybridized carbons (Fsp3) is 0.158. The lowest BCUT2D eigenvalue weighted by Gasteiger charge is -2.07. The van der Waals surface area contributed by atoms with Crippen LogP contribution in [0.15, 0.2) is 54.1 Å². The summed E-state index contributed by atoms with van der Waals surface area (Å²) in [6.45, 7) is 2.05. The molecule has 2 aromatic carbocycles. The smallest absolute Gasteiger partial charge is 0.349 e. The number of nitriles is 1. The maximum Gasteiger partial charge on any atom is 0.349 e. The molecule has 5 heteroatoms. The molecule has 2 rings (SSSR count). The van der Waals surface area contributed by atoms with Crippen molar-refractivity contribution >= 4 is 12.0 Å². The lowest BCUT2D eigenvalue weighted by molar-refractivity contribution is -0.139. The minimum atomic E-state index is -0.708. The predicted octanol–water partition coefficient (Wildman–Crippen LogP) is 3.66. The largest absolute Gasteiger partial charge is 0.490 e. The first kappa shape index (κ1) is 17.2. The molecule has 0 radical (unpaired) electrons. The highest BCUT2D eigenvalue weighted by molar-refractivity contribution is 5.97. The standard InChI is InChI=1S/C19H16FNO3/c1-14-2-4-15(5-3-14)12-16(13-21)19(22)24-11-10-23-18-8-6-17(20)7-9-18/h2-9,12H,10-11H2,1H3/b16-12+. The molecule has 0 unspecified atom stereocenters. The van der Waals surface area contributed by atoms with Gasteiger partial charge in [-0.3, -0.25) is 0 Å². The van der Waals surface area contributed by atoms with Crippen LogP contribution in [-0.2, 0) is 9.53 Å². The normalized spacial score (nSPS) is 10.8. The average Bonchev–Trinajstić information content (AvgIpc) is 2.59. The van der Waals surface area contributed by atoms with E-state index >= 15 is 0 Å². The van der Waals surface area contributed by atoms with Crippen molar-refractivity contribution in [2.75, 3.05) is 13.2 Å². The summed E-state index contributed by atoms with van der Waals surface area (Å²) in [7, 11) is 0. The van der Waals surface area contributed by atoms with Crippen LogP contribution in [0.5, 0.6) is 5.75 Å². The molecule has 0 aromatic heterocycles. The molecule has 0 saturated carbocycles. The van der Waals surface area contributed by atoms with E-state index in [0.29, 0.717) is 5.75 Å². The zero-order valence-electron chi connectivity index (χ0n) is 13.2. The Hall–Kier alpha value is -3.13. The third-order valence-electron chi connectivity index (χ3n) is 3.13. The lowest BCUT2D eigenvalue weighted by Crippen LogP contribution is -2.13. The first-order valence-corrected chi connectivity index (χ1v) is 7.32. The summed E-state index contributed by atoms with van der Waals surface area (Å²) in [6, 6.07) is 14.8. The van der Waals surface area contributed by atoms with Gasteiger partial charge in [0.25, 0.3) is 0 Å². The van der Waals surface area contributed by atoms with Gasteiger partial charge in [-0.15, -0.1) is 0 Å². The van der Waals surface area contributed by atoms with E-state index in [4.69, 9.17) is 14.7 Å². The van der Waals surface area contributed by atoms with Crippen LogP contribution in [0.3, 0.4) is 0 Å². The summed E-state index contributed by atoms with van der Waals surface area (Å²) >= 11 is 0. The third-order valence-corrected chi connectivity index (χ3v) is 3.13. The second kappa shape index (κ2) is 8.49. The molecule has 0 aliphatic carbocycles. The molecule has 0 saturated heterocycles. The first-order chi connectivity index (χ1) is 11.6. The lowest BCUT2D eigenvalue weighted by atomic mass is 10.1. The molecular formula is C19H16FNO3. The van der Waals surface area contributed by atoms with E-state index in [1.165, 1.54) is 30.3 Å². The highest BCUT2D eigenvalue weighted by Gasteiger charge is 2.10. The maximum atomic E-state index is 12.7. The molecule has 24 heavy (non-hydrogen) atoms. The van der Waals surface area contributed by atoms with Crippen LogP contribution in [0.25, 0.3) is 6.08 Å². The van der Waals surface area contributed by atoms with Crippen LogP contribution in [0.1, 0.15) is 11.1 Å². The zero-order chi connectivity index (χ0) is 17.4. The van der Waals surface area contributed by atoms with Crippen LogP contribution in [0.4, 0.5) is 4.39 Å². The number of halogens is 1. The Labute approximate surface area is 139 Å². The number of carbonyl (C=O) groups is 1. The Morgan fingerprint density at radius 2 is 1.79 bits per heavy atom. The maximum absolute atomic E-state index is 12.7. The van der Waals surface area contributed by atoms with Gasteiger partial charge in [0, 0.05) is 0 Å². The van der Waals surface area contributed by atoms with Crippen LogP contribution in [-0.4, -0.2) is 19.2 Å². The van der Waals surface area contributed by atoms with Crippen LogP contribution in [0, 0.1) is 24.1 Å². The van der Waals surface area contributed by atoms with E-state index in [1.807, 2.05) is 37.3 Å². The van der Waals surface area contributed by atoms with Crippen molar-refractivity contribution in [1.29, 1.82) is 5.26 Å². The van der Waals surface area contributed by atoms with E-state index < -0.39 is 5.97 Å². The van der Waals surface area contributed by atoms with E-state index in [2.05, 4.69) is 0 Å². The second-order valence-corrected chi connectivity index (χ2v) is 5.02. The molecule has 0 amide bonds. The van der Waals surface area contributed by atoms with Gasteiger partial charge < -0.3 is 9.47 Å². The summed E-state index contributed by atoms with van der Waals surface area (Å²) < 4.78 is 23.1. The van der Waals surface area contributed by atoms with Crippen molar-refractivity contribution in [2.45, 2.75) is 6.92 Å². The summed E-state index contributed by atoms with van der Waals surface area (Å²) in [5, 5.41) is 9.09. The van der Waals surface area contributed by atoms with Crippen LogP contribution >= 0.6 is 0 Å². The SMILES string of the molecule is Cc1ccc(/C=C(\C#N)C(=O)OCCOc2ccc(F)cc2)cc1. The van der Waals surface area contributed by atoms with Crippen molar-refractivity contribution in [1.82, 2.24) is 0 Å². The van der Waals surface area contributed by atoms with E-state index in [-0.39, 0.29) is 24.6 Å². The number of hydrogen-bond acceptors (Lipinski definition) is 4. The van der Waals surface area contributed by atoms with Crippen molar-refractivity contribution in [3.05, 3.63) is 71.0 Å². The van der Waals surface area contributed by atoms with Gasteiger partial charge in [0.05, 0.1) is 0 Å². The molecule has 4 nitrogen and oxygen atoms in total. The minimum Gasteiger partial charge on any atom is -0.490 e. The highest BCUT2D eigenvalue weighted by atomic mass is 19.1. The van der Waals surface area contributed by atoms with Crippen molar-refractivity contribution < 1.29 is 18.7 Å². The summed E-state index contributed by atoms with van der Waals surface area (Å²) in [4.78, 5) is 11.9. The molecule has 0 heterocycles. The monoisotopic (exact) mass is 325 g/mol. The topological polar surface area (TPSA) is 59.3 Å². The second-order valence-electron chi connectivity index (χ2n) is 5.02. The summed E-state index contributed by atoms with van der Waals surface area (Å²) in [5.41, 5.74) is 1.75. The first-order valence-electron chi connectivity index (χ1n) is 7.32. The van der Waals surface area contributed by atoms with E-state index in [0.717, 1.165) is 11.1 Å². The number of rotatable bonds is 6. The van der Waals surface area contributed by atoms with Gasteiger partial charge in [0.2, 0.25) is 0 Å². The molecule has 0 N–H and O–H groups in total. The Morgan fingerprint density at radius 1 is 1.12 bits per heavy atom. The summed E-state index contributed by atoms with van der Waals surface area (Å²) in [5.74, 6) is -0.586. The van der Waals surface area contributed by atoms with Gasteiger partial charge >= 0.3 is 5.97 Å². The van der Waals surface area contributed by atoms with Crippen molar-refractivity contribution in [2.24, 2.45) is 0 Å². The summed E-state index contributed by atoms with van der Waals surface area (Å²) in [6.07, 6.45) is 1.47. The fourth-order valence-electron chi connectivity index (χ4n) is 1.87. The number of nitrogens with zero attached hydrogens (tertiary/aromatic N) is 1. The molecular weight excluding hydrogens is 309 g/mol. The van der Waals surface area contributed by atoms with Crippen LogP contribution in [0.2, 0.25) is 0 Å². The molecule has 0 spiro atoms. The molecule has 122 valence electrons. The number of benzene rings is 2. The Morgan fingerprint density at radius 3 is 2.42 bits per heavy atom.